The minimum absolute atomic E-state index is 0.223. The van der Waals surface area contributed by atoms with E-state index in [1.54, 1.807) is 12.1 Å². The van der Waals surface area contributed by atoms with Gasteiger partial charge in [0.05, 0.1) is 22.7 Å². The monoisotopic (exact) mass is 376 g/mol. The second kappa shape index (κ2) is 6.86. The van der Waals surface area contributed by atoms with Crippen LogP contribution in [0.1, 0.15) is 44.8 Å². The molecular formula is C19H15F3N2O3. The Morgan fingerprint density at radius 3 is 2.19 bits per heavy atom. The maximum atomic E-state index is 12.8. The number of alkyl halides is 3. The van der Waals surface area contributed by atoms with E-state index < -0.39 is 42.0 Å². The fourth-order valence-electron chi connectivity index (χ4n) is 2.88. The van der Waals surface area contributed by atoms with Crippen LogP contribution in [0.25, 0.3) is 0 Å². The van der Waals surface area contributed by atoms with Crippen LogP contribution >= 0.6 is 0 Å². The van der Waals surface area contributed by atoms with Gasteiger partial charge in [0.1, 0.15) is 6.54 Å². The summed E-state index contributed by atoms with van der Waals surface area (Å²) in [5, 5.41) is 2.52. The number of hydrogen-bond acceptors (Lipinski definition) is 3. The van der Waals surface area contributed by atoms with Crippen molar-refractivity contribution in [2.75, 3.05) is 6.54 Å². The van der Waals surface area contributed by atoms with Gasteiger partial charge in [-0.15, -0.1) is 0 Å². The number of amides is 3. The lowest BCUT2D eigenvalue weighted by molar-refractivity contribution is -0.137. The van der Waals surface area contributed by atoms with Crippen LogP contribution in [0.2, 0.25) is 0 Å². The van der Waals surface area contributed by atoms with Gasteiger partial charge in [-0.25, -0.2) is 0 Å². The number of carbonyl (C=O) groups is 3. The Kier molecular flexibility index (Phi) is 4.73. The summed E-state index contributed by atoms with van der Waals surface area (Å²) in [6, 6.07) is 10.1. The predicted octanol–water partition coefficient (Wildman–Crippen LogP) is 3.18. The topological polar surface area (TPSA) is 66.5 Å². The highest BCUT2D eigenvalue weighted by Crippen LogP contribution is 2.30. The van der Waals surface area contributed by atoms with E-state index in [0.29, 0.717) is 0 Å². The fraction of sp³-hybridized carbons (Fsp3) is 0.211. The number of fused-ring (bicyclic) bond motifs is 1. The summed E-state index contributed by atoms with van der Waals surface area (Å²) >= 11 is 0. The molecule has 1 heterocycles. The van der Waals surface area contributed by atoms with E-state index >= 15 is 0 Å². The van der Waals surface area contributed by atoms with Crippen molar-refractivity contribution in [3.8, 4) is 0 Å². The Labute approximate surface area is 152 Å². The van der Waals surface area contributed by atoms with E-state index in [0.717, 1.165) is 17.0 Å². The van der Waals surface area contributed by atoms with E-state index in [4.69, 9.17) is 0 Å². The third-order valence-corrected chi connectivity index (χ3v) is 4.27. The van der Waals surface area contributed by atoms with Gasteiger partial charge in [0.15, 0.2) is 0 Å². The summed E-state index contributed by atoms with van der Waals surface area (Å²) in [6.07, 6.45) is -4.49. The summed E-state index contributed by atoms with van der Waals surface area (Å²) in [5.74, 6) is -1.79. The van der Waals surface area contributed by atoms with Crippen LogP contribution in [0, 0.1) is 0 Å². The molecular weight excluding hydrogens is 361 g/mol. The van der Waals surface area contributed by atoms with Gasteiger partial charge in [0.2, 0.25) is 5.91 Å². The van der Waals surface area contributed by atoms with Crippen LogP contribution in [0.3, 0.4) is 0 Å². The summed E-state index contributed by atoms with van der Waals surface area (Å²) in [5.41, 5.74) is -0.107. The molecule has 2 aromatic carbocycles. The molecule has 0 bridgehead atoms. The number of halogens is 3. The Morgan fingerprint density at radius 1 is 1.04 bits per heavy atom. The zero-order valence-corrected chi connectivity index (χ0v) is 14.2. The molecule has 1 aliphatic rings. The van der Waals surface area contributed by atoms with Gasteiger partial charge >= 0.3 is 6.18 Å². The molecule has 3 amide bonds. The molecule has 0 fully saturated rings. The maximum Gasteiger partial charge on any atom is 0.416 e. The summed E-state index contributed by atoms with van der Waals surface area (Å²) < 4.78 is 38.4. The number of nitrogens with zero attached hydrogens (tertiary/aromatic N) is 1. The average molecular weight is 376 g/mol. The lowest BCUT2D eigenvalue weighted by atomic mass is 10.0. The number of benzene rings is 2. The highest BCUT2D eigenvalue weighted by molar-refractivity contribution is 6.22. The minimum atomic E-state index is -4.49. The molecule has 1 aliphatic heterocycles. The van der Waals surface area contributed by atoms with Gasteiger partial charge in [-0.1, -0.05) is 24.3 Å². The molecule has 1 N–H and O–H groups in total. The molecule has 2 aromatic rings. The average Bonchev–Trinajstić information content (AvgIpc) is 2.86. The second-order valence-corrected chi connectivity index (χ2v) is 6.15. The van der Waals surface area contributed by atoms with Crippen LogP contribution in [0.15, 0.2) is 48.5 Å². The second-order valence-electron chi connectivity index (χ2n) is 6.15. The highest BCUT2D eigenvalue weighted by Gasteiger charge is 2.36. The molecule has 27 heavy (non-hydrogen) atoms. The lowest BCUT2D eigenvalue weighted by Gasteiger charge is -2.18. The Bertz CT molecular complexity index is 889. The predicted molar refractivity (Wildman–Crippen MR) is 89.8 cm³/mol. The molecule has 0 aliphatic carbocycles. The van der Waals surface area contributed by atoms with Crippen molar-refractivity contribution in [2.24, 2.45) is 0 Å². The Balaban J connectivity index is 1.68. The van der Waals surface area contributed by atoms with Gasteiger partial charge in [0.25, 0.3) is 11.8 Å². The lowest BCUT2D eigenvalue weighted by Crippen LogP contribution is -2.41. The molecule has 0 radical (unpaired) electrons. The fourth-order valence-corrected chi connectivity index (χ4v) is 2.88. The van der Waals surface area contributed by atoms with Crippen molar-refractivity contribution in [3.63, 3.8) is 0 Å². The Morgan fingerprint density at radius 2 is 1.63 bits per heavy atom. The molecule has 140 valence electrons. The summed E-state index contributed by atoms with van der Waals surface area (Å²) in [6.45, 7) is 1.02. The zero-order chi connectivity index (χ0) is 19.8. The van der Waals surface area contributed by atoms with Crippen molar-refractivity contribution in [1.82, 2.24) is 10.2 Å². The third-order valence-electron chi connectivity index (χ3n) is 4.27. The molecule has 0 saturated carbocycles. The number of hydrogen-bond donors (Lipinski definition) is 1. The molecule has 0 saturated heterocycles. The number of carbonyl (C=O) groups excluding carboxylic acids is 3. The first-order chi connectivity index (χ1) is 12.7. The molecule has 8 heteroatoms. The third kappa shape index (κ3) is 3.69. The molecule has 0 spiro atoms. The largest absolute Gasteiger partial charge is 0.416 e. The van der Waals surface area contributed by atoms with Gasteiger partial charge in [-0.05, 0) is 36.8 Å². The van der Waals surface area contributed by atoms with Crippen LogP contribution in [-0.2, 0) is 11.0 Å². The van der Waals surface area contributed by atoms with Crippen LogP contribution in [0.5, 0.6) is 0 Å². The SMILES string of the molecule is CC(NC(=O)CN1C(=O)c2ccccc2C1=O)c1cccc(C(F)(F)F)c1. The smallest absolute Gasteiger partial charge is 0.348 e. The highest BCUT2D eigenvalue weighted by atomic mass is 19.4. The minimum Gasteiger partial charge on any atom is -0.348 e. The number of nitrogens with one attached hydrogen (secondary N) is 1. The normalized spacial score (nSPS) is 14.9. The van der Waals surface area contributed by atoms with E-state index in [1.807, 2.05) is 0 Å². The van der Waals surface area contributed by atoms with Crippen molar-refractivity contribution in [3.05, 3.63) is 70.8 Å². The van der Waals surface area contributed by atoms with Crippen molar-refractivity contribution in [1.29, 1.82) is 0 Å². The molecule has 5 nitrogen and oxygen atoms in total. The van der Waals surface area contributed by atoms with Crippen LogP contribution in [0.4, 0.5) is 13.2 Å². The standard InChI is InChI=1S/C19H15F3N2O3/c1-11(12-5-4-6-13(9-12)19(20,21)22)23-16(25)10-24-17(26)14-7-2-3-8-15(14)18(24)27/h2-9,11H,10H2,1H3,(H,23,25). The van der Waals surface area contributed by atoms with E-state index in [1.165, 1.54) is 31.2 Å². The Hall–Kier alpha value is -3.16. The van der Waals surface area contributed by atoms with Crippen molar-refractivity contribution >= 4 is 17.7 Å². The van der Waals surface area contributed by atoms with Gasteiger partial charge in [0, 0.05) is 0 Å². The van der Waals surface area contributed by atoms with Gasteiger partial charge in [-0.3, -0.25) is 19.3 Å². The van der Waals surface area contributed by atoms with Crippen LogP contribution in [-0.4, -0.2) is 29.2 Å². The number of imide groups is 1. The molecule has 1 unspecified atom stereocenters. The quantitative estimate of drug-likeness (QED) is 0.834. The molecule has 1 atom stereocenters. The van der Waals surface area contributed by atoms with E-state index in [9.17, 15) is 27.6 Å². The maximum absolute atomic E-state index is 12.8. The molecule has 3 rings (SSSR count). The van der Waals surface area contributed by atoms with Gasteiger partial charge in [-0.2, -0.15) is 13.2 Å². The summed E-state index contributed by atoms with van der Waals surface area (Å²) in [7, 11) is 0. The van der Waals surface area contributed by atoms with E-state index in [2.05, 4.69) is 5.32 Å². The van der Waals surface area contributed by atoms with Crippen LogP contribution < -0.4 is 5.32 Å². The first-order valence-electron chi connectivity index (χ1n) is 8.10. The van der Waals surface area contributed by atoms with Gasteiger partial charge < -0.3 is 5.32 Å². The first kappa shape index (κ1) is 18.6. The summed E-state index contributed by atoms with van der Waals surface area (Å²) in [4.78, 5) is 37.6. The van der Waals surface area contributed by atoms with Crippen molar-refractivity contribution < 1.29 is 27.6 Å². The number of rotatable bonds is 4. The first-order valence-corrected chi connectivity index (χ1v) is 8.10. The van der Waals surface area contributed by atoms with E-state index in [-0.39, 0.29) is 16.7 Å². The van der Waals surface area contributed by atoms with Crippen molar-refractivity contribution in [2.45, 2.75) is 19.1 Å². The zero-order valence-electron chi connectivity index (χ0n) is 14.2. The molecule has 0 aromatic heterocycles.